The Balaban J connectivity index is 1.71. The molecule has 0 spiro atoms. The van der Waals surface area contributed by atoms with Gasteiger partial charge in [0.25, 0.3) is 5.91 Å². The van der Waals surface area contributed by atoms with E-state index in [2.05, 4.69) is 73.0 Å². The Bertz CT molecular complexity index is 622. The molecule has 0 fully saturated rings. The zero-order valence-corrected chi connectivity index (χ0v) is 15.0. The second kappa shape index (κ2) is 9.24. The zero-order chi connectivity index (χ0) is 17.4. The molecule has 0 saturated carbocycles. The number of nitrogens with one attached hydrogen (secondary N) is 1. The Hall–Kier alpha value is -2.13. The van der Waals surface area contributed by atoms with Crippen LogP contribution in [-0.2, 0) is 17.8 Å². The molecule has 0 unspecified atom stereocenters. The van der Waals surface area contributed by atoms with Crippen LogP contribution in [-0.4, -0.2) is 18.0 Å². The van der Waals surface area contributed by atoms with Gasteiger partial charge in [-0.25, -0.2) is 0 Å². The summed E-state index contributed by atoms with van der Waals surface area (Å²) in [7, 11) is 0. The number of benzene rings is 2. The van der Waals surface area contributed by atoms with Crippen molar-refractivity contribution in [2.24, 2.45) is 0 Å². The predicted molar refractivity (Wildman–Crippen MR) is 98.6 cm³/mol. The quantitative estimate of drug-likeness (QED) is 0.770. The molecule has 0 aliphatic carbocycles. The lowest BCUT2D eigenvalue weighted by atomic mass is 10.1. The second-order valence-electron chi connectivity index (χ2n) is 6.65. The summed E-state index contributed by atoms with van der Waals surface area (Å²) in [5, 5.41) is 5.21. The molecule has 0 aromatic heterocycles. The minimum atomic E-state index is -0.0783. The molecule has 0 aliphatic heterocycles. The van der Waals surface area contributed by atoms with Gasteiger partial charge in [-0.3, -0.25) is 4.79 Å². The molecule has 0 bridgehead atoms. The van der Waals surface area contributed by atoms with Gasteiger partial charge >= 0.3 is 0 Å². The van der Waals surface area contributed by atoms with Crippen molar-refractivity contribution >= 4 is 5.91 Å². The maximum Gasteiger partial charge on any atom is 0.278 e. The molecule has 0 saturated heterocycles. The van der Waals surface area contributed by atoms with Gasteiger partial charge in [0.15, 0.2) is 6.04 Å². The van der Waals surface area contributed by atoms with E-state index in [0.29, 0.717) is 0 Å². The van der Waals surface area contributed by atoms with Crippen LogP contribution in [0.5, 0.6) is 0 Å². The molecule has 24 heavy (non-hydrogen) atoms. The van der Waals surface area contributed by atoms with Gasteiger partial charge < -0.3 is 10.6 Å². The average Bonchev–Trinajstić information content (AvgIpc) is 2.60. The van der Waals surface area contributed by atoms with Gasteiger partial charge in [0.2, 0.25) is 0 Å². The van der Waals surface area contributed by atoms with Crippen LogP contribution in [0.2, 0.25) is 0 Å². The number of hydrogen-bond donors (Lipinski definition) is 2. The average molecular weight is 325 g/mol. The number of carbonyl (C=O) groups excluding carboxylic acids is 1. The van der Waals surface area contributed by atoms with Gasteiger partial charge in [-0.15, -0.1) is 0 Å². The Morgan fingerprint density at radius 3 is 2.33 bits per heavy atom. The fourth-order valence-electron chi connectivity index (χ4n) is 2.62. The number of quaternary nitrogens is 1. The van der Waals surface area contributed by atoms with Gasteiger partial charge in [-0.05, 0) is 39.2 Å². The third kappa shape index (κ3) is 6.17. The van der Waals surface area contributed by atoms with Crippen LogP contribution in [0.4, 0.5) is 0 Å². The molecule has 0 heterocycles. The molecule has 3 N–H and O–H groups in total. The van der Waals surface area contributed by atoms with E-state index in [0.717, 1.165) is 19.4 Å². The lowest BCUT2D eigenvalue weighted by Crippen LogP contribution is -2.90. The fraction of sp³-hybridized carbons (Fsp3) is 0.381. The Kier molecular flexibility index (Phi) is 7.01. The van der Waals surface area contributed by atoms with Gasteiger partial charge in [0.05, 0.1) is 0 Å². The first-order valence-corrected chi connectivity index (χ1v) is 8.78. The van der Waals surface area contributed by atoms with Crippen molar-refractivity contribution < 1.29 is 10.1 Å². The van der Waals surface area contributed by atoms with Crippen LogP contribution >= 0.6 is 0 Å². The van der Waals surface area contributed by atoms with E-state index in [-0.39, 0.29) is 18.0 Å². The van der Waals surface area contributed by atoms with Gasteiger partial charge in [0.1, 0.15) is 6.54 Å². The largest absolute Gasteiger partial charge is 0.348 e. The maximum atomic E-state index is 12.3. The molecule has 2 aromatic carbocycles. The maximum absolute atomic E-state index is 12.3. The summed E-state index contributed by atoms with van der Waals surface area (Å²) in [6, 6.07) is 19.0. The third-order valence-corrected chi connectivity index (χ3v) is 4.34. The van der Waals surface area contributed by atoms with E-state index < -0.39 is 0 Å². The minimum absolute atomic E-state index is 0.0783. The van der Waals surface area contributed by atoms with E-state index >= 15 is 0 Å². The predicted octanol–water partition coefficient (Wildman–Crippen LogP) is 2.58. The van der Waals surface area contributed by atoms with Crippen LogP contribution in [0.25, 0.3) is 0 Å². The first-order chi connectivity index (χ1) is 11.5. The zero-order valence-electron chi connectivity index (χ0n) is 15.0. The molecule has 3 nitrogen and oxygen atoms in total. The SMILES string of the molecule is Cc1ccc(C[NH2+][C@@H](C)C(=O)N[C@H](C)CCc2ccccc2)cc1. The van der Waals surface area contributed by atoms with Crippen molar-refractivity contribution in [3.05, 3.63) is 71.3 Å². The normalized spacial score (nSPS) is 13.3. The summed E-state index contributed by atoms with van der Waals surface area (Å²) in [6.45, 7) is 6.95. The monoisotopic (exact) mass is 325 g/mol. The van der Waals surface area contributed by atoms with Crippen LogP contribution in [0.15, 0.2) is 54.6 Å². The van der Waals surface area contributed by atoms with Crippen molar-refractivity contribution in [3.8, 4) is 0 Å². The lowest BCUT2D eigenvalue weighted by Gasteiger charge is -2.17. The van der Waals surface area contributed by atoms with E-state index in [1.807, 2.05) is 13.0 Å². The summed E-state index contributed by atoms with van der Waals surface area (Å²) in [6.07, 6.45) is 1.95. The van der Waals surface area contributed by atoms with Crippen LogP contribution in [0.1, 0.15) is 37.0 Å². The summed E-state index contributed by atoms with van der Waals surface area (Å²) >= 11 is 0. The number of aryl methyl sites for hydroxylation is 2. The molecule has 128 valence electrons. The van der Waals surface area contributed by atoms with E-state index in [1.165, 1.54) is 16.7 Å². The first-order valence-electron chi connectivity index (χ1n) is 8.78. The molecular formula is C21H29N2O+. The number of carbonyl (C=O) groups is 1. The van der Waals surface area contributed by atoms with Crippen molar-refractivity contribution in [3.63, 3.8) is 0 Å². The smallest absolute Gasteiger partial charge is 0.278 e. The van der Waals surface area contributed by atoms with Crippen LogP contribution in [0, 0.1) is 6.92 Å². The fourth-order valence-corrected chi connectivity index (χ4v) is 2.62. The highest BCUT2D eigenvalue weighted by molar-refractivity contribution is 5.80. The highest BCUT2D eigenvalue weighted by atomic mass is 16.2. The van der Waals surface area contributed by atoms with Crippen molar-refractivity contribution in [1.82, 2.24) is 5.32 Å². The Labute approximate surface area is 145 Å². The van der Waals surface area contributed by atoms with Crippen molar-refractivity contribution in [1.29, 1.82) is 0 Å². The molecule has 2 rings (SSSR count). The molecule has 1 amide bonds. The third-order valence-electron chi connectivity index (χ3n) is 4.34. The number of amides is 1. The summed E-state index contributed by atoms with van der Waals surface area (Å²) in [5.41, 5.74) is 3.83. The van der Waals surface area contributed by atoms with Gasteiger partial charge in [-0.2, -0.15) is 0 Å². The second-order valence-corrected chi connectivity index (χ2v) is 6.65. The highest BCUT2D eigenvalue weighted by Crippen LogP contribution is 2.05. The van der Waals surface area contributed by atoms with Crippen LogP contribution in [0.3, 0.4) is 0 Å². The summed E-state index contributed by atoms with van der Waals surface area (Å²) < 4.78 is 0. The molecule has 0 radical (unpaired) electrons. The van der Waals surface area contributed by atoms with Crippen molar-refractivity contribution in [2.75, 3.05) is 0 Å². The highest BCUT2D eigenvalue weighted by Gasteiger charge is 2.17. The molecule has 0 aliphatic rings. The standard InChI is InChI=1S/C21H28N2O/c1-16-9-12-20(13-10-16)15-22-18(3)21(24)23-17(2)11-14-19-7-5-4-6-8-19/h4-10,12-13,17-18,22H,11,14-15H2,1-3H3,(H,23,24)/p+1/t17-,18+/m1/s1. The van der Waals surface area contributed by atoms with Gasteiger partial charge in [-0.1, -0.05) is 60.2 Å². The summed E-state index contributed by atoms with van der Waals surface area (Å²) in [5.74, 6) is 0.114. The number of hydrogen-bond acceptors (Lipinski definition) is 1. The number of rotatable bonds is 8. The molecule has 2 aromatic rings. The van der Waals surface area contributed by atoms with Crippen molar-refractivity contribution in [2.45, 2.75) is 52.2 Å². The van der Waals surface area contributed by atoms with Gasteiger partial charge in [0, 0.05) is 11.6 Å². The lowest BCUT2D eigenvalue weighted by molar-refractivity contribution is -0.689. The summed E-state index contributed by atoms with van der Waals surface area (Å²) in [4.78, 5) is 12.3. The topological polar surface area (TPSA) is 45.7 Å². The first kappa shape index (κ1) is 18.2. The Morgan fingerprint density at radius 2 is 1.67 bits per heavy atom. The number of nitrogens with two attached hydrogens (primary N) is 1. The molecule has 3 heteroatoms. The van der Waals surface area contributed by atoms with Crippen LogP contribution < -0.4 is 10.6 Å². The van der Waals surface area contributed by atoms with E-state index in [9.17, 15) is 4.79 Å². The Morgan fingerprint density at radius 1 is 1.00 bits per heavy atom. The molecule has 2 atom stereocenters. The molecular weight excluding hydrogens is 296 g/mol. The van der Waals surface area contributed by atoms with E-state index in [4.69, 9.17) is 0 Å². The minimum Gasteiger partial charge on any atom is -0.348 e. The van der Waals surface area contributed by atoms with E-state index in [1.54, 1.807) is 0 Å².